The molecular weight excluding hydrogens is 553 g/mol. The zero-order valence-corrected chi connectivity index (χ0v) is 24.6. The minimum Gasteiger partial charge on any atom is -0.293 e. The van der Waals surface area contributed by atoms with E-state index in [1.54, 1.807) is 22.5 Å². The Kier molecular flexibility index (Phi) is 8.37. The molecule has 2 heterocycles. The third-order valence-electron chi connectivity index (χ3n) is 8.08. The van der Waals surface area contributed by atoms with Crippen LogP contribution in [0.1, 0.15) is 66.8 Å². The number of sulfonamides is 1. The van der Waals surface area contributed by atoms with Crippen LogP contribution in [0.25, 0.3) is 17.1 Å². The molecule has 41 heavy (non-hydrogen) atoms. The van der Waals surface area contributed by atoms with Crippen molar-refractivity contribution in [2.24, 2.45) is 0 Å². The monoisotopic (exact) mass is 586 g/mol. The lowest BCUT2D eigenvalue weighted by Gasteiger charge is -2.22. The molecule has 1 saturated heterocycles. The molecule has 1 aromatic heterocycles. The van der Waals surface area contributed by atoms with E-state index in [2.05, 4.69) is 22.3 Å². The van der Waals surface area contributed by atoms with Gasteiger partial charge in [0, 0.05) is 29.9 Å². The topological polar surface area (TPSA) is 85.2 Å². The SMILES string of the molecule is O=C(CSc1nnc(-c2cccc(S(=O)(=O)N3CCCC3)c2)n1-c1ccccc1)c1ccc(C2CCCCC2)cc1. The second-order valence-corrected chi connectivity index (χ2v) is 13.7. The summed E-state index contributed by atoms with van der Waals surface area (Å²) in [6, 6.07) is 24.7. The first-order valence-corrected chi connectivity index (χ1v) is 16.8. The summed E-state index contributed by atoms with van der Waals surface area (Å²) in [5.74, 6) is 1.39. The molecule has 4 aromatic rings. The van der Waals surface area contributed by atoms with Crippen molar-refractivity contribution < 1.29 is 13.2 Å². The number of hydrogen-bond donors (Lipinski definition) is 0. The molecular formula is C32H34N4O3S2. The van der Waals surface area contributed by atoms with Gasteiger partial charge in [-0.05, 0) is 61.4 Å². The van der Waals surface area contributed by atoms with Crippen LogP contribution >= 0.6 is 11.8 Å². The summed E-state index contributed by atoms with van der Waals surface area (Å²) in [5, 5.41) is 9.49. The number of hydrogen-bond acceptors (Lipinski definition) is 6. The Hall–Kier alpha value is -3.27. The van der Waals surface area contributed by atoms with Crippen LogP contribution in [0.2, 0.25) is 0 Å². The fraction of sp³-hybridized carbons (Fsp3) is 0.344. The summed E-state index contributed by atoms with van der Waals surface area (Å²) in [6.07, 6.45) is 8.11. The number of nitrogens with zero attached hydrogens (tertiary/aromatic N) is 4. The van der Waals surface area contributed by atoms with Crippen molar-refractivity contribution in [2.75, 3.05) is 18.8 Å². The number of carbonyl (C=O) groups excluding carboxylic acids is 1. The Labute approximate surface area is 246 Å². The van der Waals surface area contributed by atoms with E-state index in [0.717, 1.165) is 18.5 Å². The van der Waals surface area contributed by atoms with Crippen molar-refractivity contribution in [2.45, 2.75) is 60.9 Å². The summed E-state index contributed by atoms with van der Waals surface area (Å²) < 4.78 is 29.9. The molecule has 0 unspecified atom stereocenters. The molecule has 6 rings (SSSR count). The number of aromatic nitrogens is 3. The van der Waals surface area contributed by atoms with Gasteiger partial charge in [0.15, 0.2) is 16.8 Å². The van der Waals surface area contributed by atoms with Gasteiger partial charge in [-0.2, -0.15) is 4.31 Å². The minimum absolute atomic E-state index is 0.0352. The van der Waals surface area contributed by atoms with E-state index >= 15 is 0 Å². The number of carbonyl (C=O) groups is 1. The predicted molar refractivity (Wildman–Crippen MR) is 162 cm³/mol. The van der Waals surface area contributed by atoms with Gasteiger partial charge < -0.3 is 0 Å². The van der Waals surface area contributed by atoms with E-state index in [1.165, 1.54) is 49.4 Å². The van der Waals surface area contributed by atoms with Gasteiger partial charge in [-0.1, -0.05) is 85.6 Å². The van der Waals surface area contributed by atoms with Crippen LogP contribution < -0.4 is 0 Å². The molecule has 212 valence electrons. The number of benzene rings is 3. The third-order valence-corrected chi connectivity index (χ3v) is 10.9. The average molecular weight is 587 g/mol. The highest BCUT2D eigenvalue weighted by Gasteiger charge is 2.28. The van der Waals surface area contributed by atoms with E-state index in [-0.39, 0.29) is 16.4 Å². The number of Topliss-reactive ketones (excluding diaryl/α,β-unsaturated/α-hetero) is 1. The van der Waals surface area contributed by atoms with E-state index in [9.17, 15) is 13.2 Å². The second-order valence-electron chi connectivity index (χ2n) is 10.8. The molecule has 0 spiro atoms. The largest absolute Gasteiger partial charge is 0.293 e. The van der Waals surface area contributed by atoms with Crippen LogP contribution in [0.5, 0.6) is 0 Å². The third kappa shape index (κ3) is 6.03. The van der Waals surface area contributed by atoms with Gasteiger partial charge in [-0.25, -0.2) is 8.42 Å². The van der Waals surface area contributed by atoms with E-state index < -0.39 is 10.0 Å². The van der Waals surface area contributed by atoms with Gasteiger partial charge in [0.25, 0.3) is 0 Å². The second kappa shape index (κ2) is 12.3. The first-order chi connectivity index (χ1) is 20.0. The first kappa shape index (κ1) is 27.9. The van der Waals surface area contributed by atoms with Crippen molar-refractivity contribution in [3.63, 3.8) is 0 Å². The zero-order chi connectivity index (χ0) is 28.2. The maximum atomic E-state index is 13.2. The van der Waals surface area contributed by atoms with Crippen molar-refractivity contribution in [3.8, 4) is 17.1 Å². The molecule has 0 atom stereocenters. The van der Waals surface area contributed by atoms with Gasteiger partial charge in [-0.15, -0.1) is 10.2 Å². The Morgan fingerprint density at radius 1 is 0.829 bits per heavy atom. The molecule has 1 aliphatic heterocycles. The highest BCUT2D eigenvalue weighted by Crippen LogP contribution is 2.33. The van der Waals surface area contributed by atoms with E-state index in [1.807, 2.05) is 53.1 Å². The molecule has 2 aliphatic rings. The molecule has 9 heteroatoms. The van der Waals surface area contributed by atoms with Crippen LogP contribution in [0.3, 0.4) is 0 Å². The molecule has 1 aliphatic carbocycles. The number of rotatable bonds is 9. The molecule has 0 amide bonds. The molecule has 0 bridgehead atoms. The van der Waals surface area contributed by atoms with Gasteiger partial charge in [0.1, 0.15) is 0 Å². The zero-order valence-electron chi connectivity index (χ0n) is 23.0. The van der Waals surface area contributed by atoms with Gasteiger partial charge in [0.05, 0.1) is 10.6 Å². The van der Waals surface area contributed by atoms with Crippen LogP contribution in [0.4, 0.5) is 0 Å². The maximum Gasteiger partial charge on any atom is 0.243 e. The quantitative estimate of drug-likeness (QED) is 0.160. The summed E-state index contributed by atoms with van der Waals surface area (Å²) in [7, 11) is -3.58. The lowest BCUT2D eigenvalue weighted by Crippen LogP contribution is -2.27. The number of para-hydroxylation sites is 1. The van der Waals surface area contributed by atoms with Crippen LogP contribution in [0.15, 0.2) is 88.9 Å². The fourth-order valence-electron chi connectivity index (χ4n) is 5.82. The minimum atomic E-state index is -3.58. The molecule has 0 radical (unpaired) electrons. The Bertz CT molecular complexity index is 1610. The normalized spacial score (nSPS) is 16.7. The summed E-state index contributed by atoms with van der Waals surface area (Å²) in [4.78, 5) is 13.4. The molecule has 7 nitrogen and oxygen atoms in total. The van der Waals surface area contributed by atoms with Crippen molar-refractivity contribution in [1.82, 2.24) is 19.1 Å². The molecule has 1 saturated carbocycles. The van der Waals surface area contributed by atoms with E-state index in [0.29, 0.717) is 41.1 Å². The maximum absolute atomic E-state index is 13.2. The predicted octanol–water partition coefficient (Wildman–Crippen LogP) is 6.74. The summed E-state index contributed by atoms with van der Waals surface area (Å²) in [6.45, 7) is 1.09. The standard InChI is InChI=1S/C32H34N4O3S2/c37-30(26-18-16-25(17-19-26)24-10-3-1-4-11-24)23-40-32-34-33-31(36(32)28-13-5-2-6-14-28)27-12-9-15-29(22-27)41(38,39)35-20-7-8-21-35/h2,5-6,9,12-19,22,24H,1,3-4,7-8,10-11,20-21,23H2. The van der Waals surface area contributed by atoms with Crippen LogP contribution in [-0.2, 0) is 10.0 Å². The molecule has 3 aromatic carbocycles. The Balaban J connectivity index is 1.25. The number of thioether (sulfide) groups is 1. The van der Waals surface area contributed by atoms with Crippen LogP contribution in [0, 0.1) is 0 Å². The van der Waals surface area contributed by atoms with Crippen LogP contribution in [-0.4, -0.2) is 52.1 Å². The van der Waals surface area contributed by atoms with E-state index in [4.69, 9.17) is 0 Å². The Morgan fingerprint density at radius 2 is 1.56 bits per heavy atom. The summed E-state index contributed by atoms with van der Waals surface area (Å²) >= 11 is 1.34. The van der Waals surface area contributed by atoms with Gasteiger partial charge in [-0.3, -0.25) is 9.36 Å². The average Bonchev–Trinajstić information content (AvgIpc) is 3.72. The Morgan fingerprint density at radius 3 is 2.29 bits per heavy atom. The van der Waals surface area contributed by atoms with Crippen molar-refractivity contribution in [1.29, 1.82) is 0 Å². The lowest BCUT2D eigenvalue weighted by atomic mass is 9.84. The highest BCUT2D eigenvalue weighted by molar-refractivity contribution is 7.99. The summed E-state index contributed by atoms with van der Waals surface area (Å²) in [5.41, 5.74) is 3.52. The highest BCUT2D eigenvalue weighted by atomic mass is 32.2. The van der Waals surface area contributed by atoms with Gasteiger partial charge in [0.2, 0.25) is 10.0 Å². The fourth-order valence-corrected chi connectivity index (χ4v) is 8.23. The smallest absolute Gasteiger partial charge is 0.243 e. The van der Waals surface area contributed by atoms with Crippen molar-refractivity contribution in [3.05, 3.63) is 90.0 Å². The van der Waals surface area contributed by atoms with Crippen molar-refractivity contribution >= 4 is 27.6 Å². The lowest BCUT2D eigenvalue weighted by molar-refractivity contribution is 0.102. The van der Waals surface area contributed by atoms with Gasteiger partial charge >= 0.3 is 0 Å². The number of ketones is 1. The molecule has 2 fully saturated rings. The first-order valence-electron chi connectivity index (χ1n) is 14.4. The molecule has 0 N–H and O–H groups in total.